The summed E-state index contributed by atoms with van der Waals surface area (Å²) in [6.07, 6.45) is 0. The lowest BCUT2D eigenvalue weighted by atomic mass is 10.1. The molecule has 0 bridgehead atoms. The van der Waals surface area contributed by atoms with Gasteiger partial charge in [-0.15, -0.1) is 0 Å². The summed E-state index contributed by atoms with van der Waals surface area (Å²) in [4.78, 5) is 0. The third kappa shape index (κ3) is 5.20. The van der Waals surface area contributed by atoms with Crippen LogP contribution in [0.3, 0.4) is 0 Å². The van der Waals surface area contributed by atoms with Crippen molar-refractivity contribution in [3.8, 4) is 11.5 Å². The molecule has 0 aromatic heterocycles. The van der Waals surface area contributed by atoms with Crippen molar-refractivity contribution in [3.63, 3.8) is 0 Å². The van der Waals surface area contributed by atoms with Crippen molar-refractivity contribution in [2.75, 3.05) is 6.61 Å². The Morgan fingerprint density at radius 1 is 1.04 bits per heavy atom. The lowest BCUT2D eigenvalue weighted by Crippen LogP contribution is -2.18. The lowest BCUT2D eigenvalue weighted by Gasteiger charge is -2.16. The highest BCUT2D eigenvalue weighted by molar-refractivity contribution is 5.43. The van der Waals surface area contributed by atoms with E-state index in [-0.39, 0.29) is 11.8 Å². The van der Waals surface area contributed by atoms with Gasteiger partial charge in [0.1, 0.15) is 0 Å². The van der Waals surface area contributed by atoms with Gasteiger partial charge in [-0.3, -0.25) is 0 Å². The van der Waals surface area contributed by atoms with Gasteiger partial charge in [-0.1, -0.05) is 35.9 Å². The van der Waals surface area contributed by atoms with Crippen molar-refractivity contribution >= 4 is 0 Å². The minimum atomic E-state index is -2.87. The molecule has 0 aliphatic heterocycles. The quantitative estimate of drug-likeness (QED) is 0.748. The molecule has 0 spiro atoms. The largest absolute Gasteiger partial charge is 0.490 e. The second-order valence-electron chi connectivity index (χ2n) is 5.61. The number of hydrogen-bond acceptors (Lipinski definition) is 3. The molecule has 24 heavy (non-hydrogen) atoms. The van der Waals surface area contributed by atoms with Gasteiger partial charge in [0.2, 0.25) is 0 Å². The van der Waals surface area contributed by atoms with Crippen molar-refractivity contribution in [1.29, 1.82) is 0 Å². The van der Waals surface area contributed by atoms with E-state index >= 15 is 0 Å². The van der Waals surface area contributed by atoms with E-state index < -0.39 is 6.61 Å². The van der Waals surface area contributed by atoms with Gasteiger partial charge in [-0.2, -0.15) is 8.78 Å². The van der Waals surface area contributed by atoms with Crippen LogP contribution < -0.4 is 14.8 Å². The SMILES string of the molecule is CCOc1cc(CNC(C)c2ccc(C)cc2)ccc1OC(F)F. The van der Waals surface area contributed by atoms with Gasteiger partial charge in [0.05, 0.1) is 6.61 Å². The second kappa shape index (κ2) is 8.64. The van der Waals surface area contributed by atoms with Crippen LogP contribution >= 0.6 is 0 Å². The number of nitrogens with one attached hydrogen (secondary N) is 1. The first-order chi connectivity index (χ1) is 11.5. The molecule has 0 saturated heterocycles. The molecule has 5 heteroatoms. The van der Waals surface area contributed by atoms with E-state index in [9.17, 15) is 8.78 Å². The summed E-state index contributed by atoms with van der Waals surface area (Å²) in [6.45, 7) is 4.06. The van der Waals surface area contributed by atoms with Gasteiger partial charge >= 0.3 is 6.61 Å². The fourth-order valence-corrected chi connectivity index (χ4v) is 2.37. The maximum absolute atomic E-state index is 12.4. The molecule has 1 N–H and O–H groups in total. The van der Waals surface area contributed by atoms with Gasteiger partial charge in [0.25, 0.3) is 0 Å². The standard InChI is InChI=1S/C19H23F2NO2/c1-4-23-18-11-15(7-10-17(18)24-19(20)21)12-22-14(3)16-8-5-13(2)6-9-16/h5-11,14,19,22H,4,12H2,1-3H3. The number of hydrogen-bond donors (Lipinski definition) is 1. The molecule has 0 aliphatic carbocycles. The van der Waals surface area contributed by atoms with Crippen LogP contribution in [0, 0.1) is 6.92 Å². The van der Waals surface area contributed by atoms with Gasteiger partial charge in [0.15, 0.2) is 11.5 Å². The molecule has 130 valence electrons. The summed E-state index contributed by atoms with van der Waals surface area (Å²) < 4.78 is 34.7. The van der Waals surface area contributed by atoms with Crippen LogP contribution in [0.2, 0.25) is 0 Å². The number of rotatable bonds is 8. The minimum Gasteiger partial charge on any atom is -0.490 e. The highest BCUT2D eigenvalue weighted by atomic mass is 19.3. The first-order valence-electron chi connectivity index (χ1n) is 8.00. The third-order valence-electron chi connectivity index (χ3n) is 3.71. The number of aryl methyl sites for hydroxylation is 1. The van der Waals surface area contributed by atoms with Gasteiger partial charge in [-0.25, -0.2) is 0 Å². The summed E-state index contributed by atoms with van der Waals surface area (Å²) in [6, 6.07) is 13.5. The van der Waals surface area contributed by atoms with Crippen LogP contribution in [0.15, 0.2) is 42.5 Å². The third-order valence-corrected chi connectivity index (χ3v) is 3.71. The van der Waals surface area contributed by atoms with Crippen LogP contribution in [0.1, 0.15) is 36.6 Å². The molecule has 0 aliphatic rings. The average Bonchev–Trinajstić information content (AvgIpc) is 2.55. The number of halogens is 2. The maximum atomic E-state index is 12.4. The fraction of sp³-hybridized carbons (Fsp3) is 0.368. The molecule has 2 aromatic carbocycles. The Bertz CT molecular complexity index is 644. The van der Waals surface area contributed by atoms with E-state index in [4.69, 9.17) is 4.74 Å². The number of alkyl halides is 2. The summed E-state index contributed by atoms with van der Waals surface area (Å²) in [7, 11) is 0. The number of benzene rings is 2. The zero-order valence-corrected chi connectivity index (χ0v) is 14.2. The van der Waals surface area contributed by atoms with Gasteiger partial charge in [0, 0.05) is 12.6 Å². The maximum Gasteiger partial charge on any atom is 0.387 e. The minimum absolute atomic E-state index is 0.0576. The molecule has 0 saturated carbocycles. The Kier molecular flexibility index (Phi) is 6.55. The smallest absolute Gasteiger partial charge is 0.387 e. The predicted octanol–water partition coefficient (Wildman–Crippen LogP) is 4.85. The molecule has 0 radical (unpaired) electrons. The van der Waals surface area contributed by atoms with E-state index in [2.05, 4.69) is 48.2 Å². The Balaban J connectivity index is 2.03. The first kappa shape index (κ1) is 18.2. The van der Waals surface area contributed by atoms with Crippen LogP contribution in [0.5, 0.6) is 11.5 Å². The molecule has 0 amide bonds. The molecule has 0 heterocycles. The molecule has 2 rings (SSSR count). The van der Waals surface area contributed by atoms with Crippen LogP contribution in [0.4, 0.5) is 8.78 Å². The Labute approximate surface area is 141 Å². The van der Waals surface area contributed by atoms with E-state index in [1.54, 1.807) is 19.1 Å². The predicted molar refractivity (Wildman–Crippen MR) is 90.7 cm³/mol. The molecule has 0 fully saturated rings. The second-order valence-corrected chi connectivity index (χ2v) is 5.61. The lowest BCUT2D eigenvalue weighted by molar-refractivity contribution is -0.0514. The van der Waals surface area contributed by atoms with Crippen molar-refractivity contribution in [2.45, 2.75) is 40.0 Å². The van der Waals surface area contributed by atoms with Crippen molar-refractivity contribution in [1.82, 2.24) is 5.32 Å². The zero-order valence-electron chi connectivity index (χ0n) is 14.2. The highest BCUT2D eigenvalue weighted by Crippen LogP contribution is 2.30. The zero-order chi connectivity index (χ0) is 17.5. The van der Waals surface area contributed by atoms with Gasteiger partial charge < -0.3 is 14.8 Å². The summed E-state index contributed by atoms with van der Waals surface area (Å²) in [5.74, 6) is 0.391. The fourth-order valence-electron chi connectivity index (χ4n) is 2.37. The van der Waals surface area contributed by atoms with E-state index in [1.807, 2.05) is 0 Å². The van der Waals surface area contributed by atoms with Crippen LogP contribution in [-0.4, -0.2) is 13.2 Å². The van der Waals surface area contributed by atoms with Crippen molar-refractivity contribution in [2.24, 2.45) is 0 Å². The Morgan fingerprint density at radius 3 is 2.38 bits per heavy atom. The van der Waals surface area contributed by atoms with Crippen LogP contribution in [-0.2, 0) is 6.54 Å². The summed E-state index contributed by atoms with van der Waals surface area (Å²) >= 11 is 0. The Morgan fingerprint density at radius 2 is 1.75 bits per heavy atom. The first-order valence-corrected chi connectivity index (χ1v) is 8.00. The monoisotopic (exact) mass is 335 g/mol. The topological polar surface area (TPSA) is 30.5 Å². The molecule has 1 atom stereocenters. The highest BCUT2D eigenvalue weighted by Gasteiger charge is 2.12. The van der Waals surface area contributed by atoms with Crippen LogP contribution in [0.25, 0.3) is 0 Å². The van der Waals surface area contributed by atoms with Gasteiger partial charge in [-0.05, 0) is 44.0 Å². The average molecular weight is 335 g/mol. The van der Waals surface area contributed by atoms with E-state index in [1.165, 1.54) is 17.2 Å². The number of ether oxygens (including phenoxy) is 2. The summed E-state index contributed by atoms with van der Waals surface area (Å²) in [5, 5.41) is 3.42. The van der Waals surface area contributed by atoms with E-state index in [0.29, 0.717) is 18.9 Å². The molecule has 3 nitrogen and oxygen atoms in total. The summed E-state index contributed by atoms with van der Waals surface area (Å²) in [5.41, 5.74) is 3.37. The molecular weight excluding hydrogens is 312 g/mol. The molecular formula is C19H23F2NO2. The molecule has 1 unspecified atom stereocenters. The van der Waals surface area contributed by atoms with Crippen molar-refractivity contribution < 1.29 is 18.3 Å². The normalized spacial score (nSPS) is 12.2. The van der Waals surface area contributed by atoms with Crippen molar-refractivity contribution in [3.05, 3.63) is 59.2 Å². The Hall–Kier alpha value is -2.14. The molecule has 2 aromatic rings. The van der Waals surface area contributed by atoms with E-state index in [0.717, 1.165) is 5.56 Å².